The first-order valence-electron chi connectivity index (χ1n) is 7.02. The van der Waals surface area contributed by atoms with Gasteiger partial charge in [0.05, 0.1) is 11.9 Å². The lowest BCUT2D eigenvalue weighted by atomic mass is 9.90. The Morgan fingerprint density at radius 2 is 2.00 bits per heavy atom. The average Bonchev–Trinajstić information content (AvgIpc) is 3.09. The van der Waals surface area contributed by atoms with Crippen molar-refractivity contribution in [1.29, 1.82) is 0 Å². The summed E-state index contributed by atoms with van der Waals surface area (Å²) < 4.78 is 0. The largest absolute Gasteiger partial charge is 0.341 e. The van der Waals surface area contributed by atoms with E-state index in [2.05, 4.69) is 14.9 Å². The summed E-state index contributed by atoms with van der Waals surface area (Å²) in [5, 5.41) is 0. The van der Waals surface area contributed by atoms with Crippen LogP contribution in [-0.2, 0) is 10.3 Å². The van der Waals surface area contributed by atoms with Crippen LogP contribution in [0.4, 0.5) is 0 Å². The predicted molar refractivity (Wildman–Crippen MR) is 71.4 cm³/mol. The Hall–Kier alpha value is -1.49. The molecule has 1 aromatic heterocycles. The van der Waals surface area contributed by atoms with E-state index in [1.807, 2.05) is 11.9 Å². The zero-order chi connectivity index (χ0) is 13.3. The van der Waals surface area contributed by atoms with Crippen LogP contribution in [0.15, 0.2) is 18.6 Å². The summed E-state index contributed by atoms with van der Waals surface area (Å²) in [5.74, 6) is 0.213. The SMILES string of the molecule is CN1CCC[C@@]1(C(=O)N1CCCC1)c1cnccn1. The number of nitrogens with zero attached hydrogens (tertiary/aromatic N) is 4. The molecule has 0 aliphatic carbocycles. The van der Waals surface area contributed by atoms with Crippen LogP contribution in [0.3, 0.4) is 0 Å². The number of likely N-dealkylation sites (tertiary alicyclic amines) is 2. The van der Waals surface area contributed by atoms with E-state index in [0.29, 0.717) is 0 Å². The summed E-state index contributed by atoms with van der Waals surface area (Å²) >= 11 is 0. The molecule has 1 aromatic rings. The number of aromatic nitrogens is 2. The molecule has 5 nitrogen and oxygen atoms in total. The van der Waals surface area contributed by atoms with E-state index in [4.69, 9.17) is 0 Å². The maximum atomic E-state index is 13.0. The van der Waals surface area contributed by atoms with Gasteiger partial charge in [0, 0.05) is 25.5 Å². The summed E-state index contributed by atoms with van der Waals surface area (Å²) in [6, 6.07) is 0. The Bertz CT molecular complexity index is 458. The third-order valence-electron chi connectivity index (χ3n) is 4.42. The normalized spacial score (nSPS) is 27.9. The Morgan fingerprint density at radius 3 is 2.58 bits per heavy atom. The zero-order valence-electron chi connectivity index (χ0n) is 11.4. The molecule has 19 heavy (non-hydrogen) atoms. The van der Waals surface area contributed by atoms with Crippen molar-refractivity contribution in [3.05, 3.63) is 24.3 Å². The third kappa shape index (κ3) is 1.92. The summed E-state index contributed by atoms with van der Waals surface area (Å²) in [6.45, 7) is 2.71. The van der Waals surface area contributed by atoms with E-state index < -0.39 is 5.54 Å². The number of hydrogen-bond donors (Lipinski definition) is 0. The van der Waals surface area contributed by atoms with Gasteiger partial charge in [-0.2, -0.15) is 0 Å². The van der Waals surface area contributed by atoms with E-state index >= 15 is 0 Å². The van der Waals surface area contributed by atoms with Gasteiger partial charge in [0.1, 0.15) is 5.54 Å². The van der Waals surface area contributed by atoms with Gasteiger partial charge < -0.3 is 4.90 Å². The molecule has 2 aliphatic heterocycles. The fourth-order valence-electron chi connectivity index (χ4n) is 3.35. The standard InChI is InChI=1S/C14H20N4O/c1-17-8-4-5-14(17,12-11-15-6-7-16-12)13(19)18-9-2-3-10-18/h6-7,11H,2-5,8-10H2,1H3/t14-/m0/s1. The highest BCUT2D eigenvalue weighted by molar-refractivity contribution is 5.87. The number of carbonyl (C=O) groups excluding carboxylic acids is 1. The monoisotopic (exact) mass is 260 g/mol. The highest BCUT2D eigenvalue weighted by Gasteiger charge is 2.50. The van der Waals surface area contributed by atoms with Crippen molar-refractivity contribution in [2.75, 3.05) is 26.7 Å². The van der Waals surface area contributed by atoms with E-state index in [9.17, 15) is 4.79 Å². The first kappa shape index (κ1) is 12.5. The Morgan fingerprint density at radius 1 is 1.21 bits per heavy atom. The Balaban J connectivity index is 2.00. The molecule has 2 fully saturated rings. The van der Waals surface area contributed by atoms with Crippen LogP contribution in [0.2, 0.25) is 0 Å². The summed E-state index contributed by atoms with van der Waals surface area (Å²) in [6.07, 6.45) is 9.20. The molecule has 0 saturated carbocycles. The van der Waals surface area contributed by atoms with Crippen molar-refractivity contribution in [3.63, 3.8) is 0 Å². The lowest BCUT2D eigenvalue weighted by Gasteiger charge is -2.37. The van der Waals surface area contributed by atoms with Gasteiger partial charge in [0.2, 0.25) is 5.91 Å². The van der Waals surface area contributed by atoms with Gasteiger partial charge in [-0.15, -0.1) is 0 Å². The molecule has 2 aliphatic rings. The molecule has 3 rings (SSSR count). The fraction of sp³-hybridized carbons (Fsp3) is 0.643. The highest BCUT2D eigenvalue weighted by atomic mass is 16.2. The zero-order valence-corrected chi connectivity index (χ0v) is 11.4. The van der Waals surface area contributed by atoms with Crippen molar-refractivity contribution in [2.45, 2.75) is 31.2 Å². The highest BCUT2D eigenvalue weighted by Crippen LogP contribution is 2.38. The van der Waals surface area contributed by atoms with E-state index in [1.54, 1.807) is 18.6 Å². The van der Waals surface area contributed by atoms with Crippen LogP contribution in [0.1, 0.15) is 31.4 Å². The number of rotatable bonds is 2. The minimum absolute atomic E-state index is 0.213. The predicted octanol–water partition coefficient (Wildman–Crippen LogP) is 1.02. The molecule has 0 unspecified atom stereocenters. The second-order valence-electron chi connectivity index (χ2n) is 5.48. The third-order valence-corrected chi connectivity index (χ3v) is 4.42. The van der Waals surface area contributed by atoms with Gasteiger partial charge in [0.25, 0.3) is 0 Å². The summed E-state index contributed by atoms with van der Waals surface area (Å²) in [4.78, 5) is 25.7. The number of carbonyl (C=O) groups is 1. The molecule has 0 aromatic carbocycles. The molecule has 2 saturated heterocycles. The smallest absolute Gasteiger partial charge is 0.249 e. The molecular weight excluding hydrogens is 240 g/mol. The molecule has 0 spiro atoms. The minimum Gasteiger partial charge on any atom is -0.341 e. The van der Waals surface area contributed by atoms with Gasteiger partial charge in [-0.1, -0.05) is 0 Å². The van der Waals surface area contributed by atoms with Gasteiger partial charge in [0.15, 0.2) is 0 Å². The van der Waals surface area contributed by atoms with Crippen molar-refractivity contribution in [3.8, 4) is 0 Å². The van der Waals surface area contributed by atoms with Crippen molar-refractivity contribution >= 4 is 5.91 Å². The van der Waals surface area contributed by atoms with Gasteiger partial charge in [-0.3, -0.25) is 19.7 Å². The fourth-order valence-corrected chi connectivity index (χ4v) is 3.35. The van der Waals surface area contributed by atoms with Crippen LogP contribution in [-0.4, -0.2) is 52.4 Å². The lowest BCUT2D eigenvalue weighted by molar-refractivity contribution is -0.142. The number of hydrogen-bond acceptors (Lipinski definition) is 4. The average molecular weight is 260 g/mol. The molecule has 102 valence electrons. The molecule has 1 atom stereocenters. The van der Waals surface area contributed by atoms with Crippen LogP contribution in [0.25, 0.3) is 0 Å². The van der Waals surface area contributed by atoms with E-state index in [1.165, 1.54) is 0 Å². The molecule has 5 heteroatoms. The molecule has 1 amide bonds. The van der Waals surface area contributed by atoms with Gasteiger partial charge in [-0.25, -0.2) is 0 Å². The van der Waals surface area contributed by atoms with Crippen LogP contribution in [0.5, 0.6) is 0 Å². The first-order valence-corrected chi connectivity index (χ1v) is 7.02. The summed E-state index contributed by atoms with van der Waals surface area (Å²) in [5.41, 5.74) is 0.213. The molecule has 3 heterocycles. The molecular formula is C14H20N4O. The van der Waals surface area contributed by atoms with E-state index in [0.717, 1.165) is 51.0 Å². The molecule has 0 radical (unpaired) electrons. The second-order valence-corrected chi connectivity index (χ2v) is 5.48. The quantitative estimate of drug-likeness (QED) is 0.796. The molecule has 0 N–H and O–H groups in total. The van der Waals surface area contributed by atoms with Gasteiger partial charge in [-0.05, 0) is 39.3 Å². The maximum Gasteiger partial charge on any atom is 0.249 e. The number of amides is 1. The lowest BCUT2D eigenvalue weighted by Crippen LogP contribution is -2.52. The van der Waals surface area contributed by atoms with Crippen molar-refractivity contribution < 1.29 is 4.79 Å². The minimum atomic E-state index is -0.585. The van der Waals surface area contributed by atoms with Crippen LogP contribution >= 0.6 is 0 Å². The summed E-state index contributed by atoms with van der Waals surface area (Å²) in [7, 11) is 2.02. The maximum absolute atomic E-state index is 13.0. The first-order chi connectivity index (χ1) is 9.25. The van der Waals surface area contributed by atoms with Gasteiger partial charge >= 0.3 is 0 Å². The topological polar surface area (TPSA) is 49.3 Å². The van der Waals surface area contributed by atoms with Crippen molar-refractivity contribution in [1.82, 2.24) is 19.8 Å². The molecule has 0 bridgehead atoms. The van der Waals surface area contributed by atoms with Crippen molar-refractivity contribution in [2.24, 2.45) is 0 Å². The second kappa shape index (κ2) is 4.89. The number of likely N-dealkylation sites (N-methyl/N-ethyl adjacent to an activating group) is 1. The van der Waals surface area contributed by atoms with Crippen LogP contribution in [0, 0.1) is 0 Å². The van der Waals surface area contributed by atoms with Crippen LogP contribution < -0.4 is 0 Å². The van der Waals surface area contributed by atoms with E-state index in [-0.39, 0.29) is 5.91 Å². The Labute approximate surface area is 113 Å². The Kier molecular flexibility index (Phi) is 3.22.